The van der Waals surface area contributed by atoms with E-state index in [-0.39, 0.29) is 29.8 Å². The molecule has 3 atom stereocenters. The van der Waals surface area contributed by atoms with Gasteiger partial charge in [0.05, 0.1) is 25.0 Å². The SMILES string of the molecule is COC(=O)[C@@H]1CC[C@@H]1C(=O)NC[C@@H](c1ccccc1)N1CCCC1. The summed E-state index contributed by atoms with van der Waals surface area (Å²) in [5, 5.41) is 3.08. The van der Waals surface area contributed by atoms with E-state index < -0.39 is 0 Å². The number of likely N-dealkylation sites (tertiary alicyclic amines) is 1. The molecule has 1 aliphatic heterocycles. The summed E-state index contributed by atoms with van der Waals surface area (Å²) in [6.45, 7) is 2.74. The number of benzene rings is 1. The molecule has 0 spiro atoms. The van der Waals surface area contributed by atoms with E-state index in [0.717, 1.165) is 25.9 Å². The van der Waals surface area contributed by atoms with Gasteiger partial charge in [-0.25, -0.2) is 0 Å². The van der Waals surface area contributed by atoms with Gasteiger partial charge in [-0.3, -0.25) is 14.5 Å². The second-order valence-electron chi connectivity index (χ2n) is 6.73. The number of carbonyl (C=O) groups excluding carboxylic acids is 2. The average molecular weight is 330 g/mol. The standard InChI is InChI=1S/C19H26N2O3/c1-24-19(23)16-10-9-15(16)18(22)20-13-17(21-11-5-6-12-21)14-7-3-2-4-8-14/h2-4,7-8,15-17H,5-6,9-13H2,1H3,(H,20,22)/t15-,16+,17-/m0/s1. The van der Waals surface area contributed by atoms with Crippen molar-refractivity contribution in [2.45, 2.75) is 31.7 Å². The van der Waals surface area contributed by atoms with Gasteiger partial charge >= 0.3 is 5.97 Å². The molecule has 1 saturated carbocycles. The lowest BCUT2D eigenvalue weighted by molar-refractivity contribution is -0.155. The number of ether oxygens (including phenoxy) is 1. The number of amides is 1. The summed E-state index contributed by atoms with van der Waals surface area (Å²) in [6.07, 6.45) is 3.94. The zero-order valence-electron chi connectivity index (χ0n) is 14.2. The first kappa shape index (κ1) is 17.0. The largest absolute Gasteiger partial charge is 0.469 e. The highest BCUT2D eigenvalue weighted by atomic mass is 16.5. The van der Waals surface area contributed by atoms with Gasteiger partial charge in [0.1, 0.15) is 0 Å². The third-order valence-corrected chi connectivity index (χ3v) is 5.35. The molecule has 5 nitrogen and oxygen atoms in total. The van der Waals surface area contributed by atoms with Crippen LogP contribution in [0.15, 0.2) is 30.3 Å². The summed E-state index contributed by atoms with van der Waals surface area (Å²) in [6, 6.07) is 10.5. The van der Waals surface area contributed by atoms with Crippen LogP contribution in [-0.2, 0) is 14.3 Å². The van der Waals surface area contributed by atoms with Crippen molar-refractivity contribution in [3.63, 3.8) is 0 Å². The van der Waals surface area contributed by atoms with Gasteiger partial charge in [-0.2, -0.15) is 0 Å². The van der Waals surface area contributed by atoms with Crippen LogP contribution in [0.5, 0.6) is 0 Å². The quantitative estimate of drug-likeness (QED) is 0.812. The summed E-state index contributed by atoms with van der Waals surface area (Å²) in [5.41, 5.74) is 1.23. The van der Waals surface area contributed by atoms with E-state index in [2.05, 4.69) is 22.3 Å². The third-order valence-electron chi connectivity index (χ3n) is 5.35. The highest BCUT2D eigenvalue weighted by molar-refractivity contribution is 5.86. The molecular formula is C19H26N2O3. The number of nitrogens with zero attached hydrogens (tertiary/aromatic N) is 1. The second kappa shape index (κ2) is 7.79. The normalized spacial score (nSPS) is 24.9. The molecule has 1 aromatic carbocycles. The first-order valence-electron chi connectivity index (χ1n) is 8.85. The molecule has 1 aliphatic carbocycles. The van der Waals surface area contributed by atoms with Crippen molar-refractivity contribution in [2.75, 3.05) is 26.7 Å². The second-order valence-corrected chi connectivity index (χ2v) is 6.73. The van der Waals surface area contributed by atoms with Crippen LogP contribution in [0.2, 0.25) is 0 Å². The van der Waals surface area contributed by atoms with Crippen LogP contribution in [0.3, 0.4) is 0 Å². The number of carbonyl (C=O) groups is 2. The number of hydrogen-bond donors (Lipinski definition) is 1. The van der Waals surface area contributed by atoms with Gasteiger partial charge in [-0.1, -0.05) is 30.3 Å². The van der Waals surface area contributed by atoms with Gasteiger partial charge in [-0.05, 0) is 44.3 Å². The molecule has 24 heavy (non-hydrogen) atoms. The maximum Gasteiger partial charge on any atom is 0.309 e. The summed E-state index contributed by atoms with van der Waals surface area (Å²) in [7, 11) is 1.38. The monoisotopic (exact) mass is 330 g/mol. The molecule has 0 radical (unpaired) electrons. The Kier molecular flexibility index (Phi) is 5.51. The number of methoxy groups -OCH3 is 1. The molecule has 1 heterocycles. The highest BCUT2D eigenvalue weighted by Gasteiger charge is 2.42. The Balaban J connectivity index is 1.61. The minimum Gasteiger partial charge on any atom is -0.469 e. The molecule has 0 aromatic heterocycles. The molecular weight excluding hydrogens is 304 g/mol. The molecule has 1 aromatic rings. The average Bonchev–Trinajstić information content (AvgIpc) is 3.09. The number of hydrogen-bond acceptors (Lipinski definition) is 4. The first-order valence-corrected chi connectivity index (χ1v) is 8.85. The summed E-state index contributed by atoms with van der Waals surface area (Å²) >= 11 is 0. The van der Waals surface area contributed by atoms with E-state index in [1.165, 1.54) is 25.5 Å². The molecule has 1 N–H and O–H groups in total. The predicted molar refractivity (Wildman–Crippen MR) is 91.2 cm³/mol. The van der Waals surface area contributed by atoms with Crippen LogP contribution in [0.25, 0.3) is 0 Å². The van der Waals surface area contributed by atoms with E-state index in [1.54, 1.807) is 0 Å². The minimum absolute atomic E-state index is 0.0169. The lowest BCUT2D eigenvalue weighted by Gasteiger charge is -2.34. The Morgan fingerprint density at radius 3 is 2.42 bits per heavy atom. The minimum atomic E-state index is -0.267. The molecule has 5 heteroatoms. The Hall–Kier alpha value is -1.88. The fourth-order valence-corrected chi connectivity index (χ4v) is 3.76. The first-order chi connectivity index (χ1) is 11.7. The lowest BCUT2D eigenvalue weighted by atomic mass is 9.73. The molecule has 2 aliphatic rings. The van der Waals surface area contributed by atoms with Gasteiger partial charge in [0.15, 0.2) is 0 Å². The Morgan fingerprint density at radius 1 is 1.17 bits per heavy atom. The predicted octanol–water partition coefficient (Wildman–Crippen LogP) is 2.14. The molecule has 2 fully saturated rings. The summed E-state index contributed by atoms with van der Waals surface area (Å²) in [5.74, 6) is -0.776. The maximum absolute atomic E-state index is 12.5. The van der Waals surface area contributed by atoms with Crippen LogP contribution in [0.1, 0.15) is 37.3 Å². The zero-order valence-corrected chi connectivity index (χ0v) is 14.2. The van der Waals surface area contributed by atoms with Crippen molar-refractivity contribution in [1.82, 2.24) is 10.2 Å². The van der Waals surface area contributed by atoms with E-state index in [0.29, 0.717) is 6.54 Å². The Bertz CT molecular complexity index is 569. The number of rotatable bonds is 6. The van der Waals surface area contributed by atoms with E-state index in [4.69, 9.17) is 4.74 Å². The molecule has 130 valence electrons. The van der Waals surface area contributed by atoms with Crippen LogP contribution >= 0.6 is 0 Å². The fraction of sp³-hybridized carbons (Fsp3) is 0.579. The number of esters is 1. The molecule has 0 unspecified atom stereocenters. The van der Waals surface area contributed by atoms with E-state index in [1.807, 2.05) is 18.2 Å². The topological polar surface area (TPSA) is 58.6 Å². The van der Waals surface area contributed by atoms with Crippen molar-refractivity contribution in [2.24, 2.45) is 11.8 Å². The highest BCUT2D eigenvalue weighted by Crippen LogP contribution is 2.35. The van der Waals surface area contributed by atoms with Gasteiger partial charge in [0.25, 0.3) is 0 Å². The van der Waals surface area contributed by atoms with Crippen molar-refractivity contribution < 1.29 is 14.3 Å². The van der Waals surface area contributed by atoms with Gasteiger partial charge in [0.2, 0.25) is 5.91 Å². The molecule has 3 rings (SSSR count). The summed E-state index contributed by atoms with van der Waals surface area (Å²) in [4.78, 5) is 26.6. The molecule has 1 amide bonds. The van der Waals surface area contributed by atoms with E-state index in [9.17, 15) is 9.59 Å². The van der Waals surface area contributed by atoms with E-state index >= 15 is 0 Å². The Labute approximate surface area is 143 Å². The Morgan fingerprint density at radius 2 is 1.83 bits per heavy atom. The molecule has 1 saturated heterocycles. The van der Waals surface area contributed by atoms with Crippen LogP contribution in [-0.4, -0.2) is 43.5 Å². The van der Waals surface area contributed by atoms with Crippen LogP contribution < -0.4 is 5.32 Å². The van der Waals surface area contributed by atoms with Crippen molar-refractivity contribution in [1.29, 1.82) is 0 Å². The fourth-order valence-electron chi connectivity index (χ4n) is 3.76. The van der Waals surface area contributed by atoms with Gasteiger partial charge in [-0.15, -0.1) is 0 Å². The van der Waals surface area contributed by atoms with Crippen LogP contribution in [0.4, 0.5) is 0 Å². The lowest BCUT2D eigenvalue weighted by Crippen LogP contribution is -2.46. The third kappa shape index (κ3) is 3.61. The maximum atomic E-state index is 12.5. The molecule has 0 bridgehead atoms. The van der Waals surface area contributed by atoms with Crippen molar-refractivity contribution in [3.05, 3.63) is 35.9 Å². The zero-order chi connectivity index (χ0) is 16.9. The number of nitrogens with one attached hydrogen (secondary N) is 1. The van der Waals surface area contributed by atoms with Gasteiger partial charge in [0, 0.05) is 6.54 Å². The van der Waals surface area contributed by atoms with Crippen molar-refractivity contribution >= 4 is 11.9 Å². The van der Waals surface area contributed by atoms with Gasteiger partial charge < -0.3 is 10.1 Å². The summed E-state index contributed by atoms with van der Waals surface area (Å²) < 4.78 is 4.78. The smallest absolute Gasteiger partial charge is 0.309 e. The van der Waals surface area contributed by atoms with Crippen LogP contribution in [0, 0.1) is 11.8 Å². The van der Waals surface area contributed by atoms with Crippen molar-refractivity contribution in [3.8, 4) is 0 Å².